The number of rotatable bonds is 4. The second-order valence-electron chi connectivity index (χ2n) is 6.15. The summed E-state index contributed by atoms with van der Waals surface area (Å²) in [6.45, 7) is 2.36. The second-order valence-corrected chi connectivity index (χ2v) is 7.67. The van der Waals surface area contributed by atoms with Gasteiger partial charge in [-0.25, -0.2) is 0 Å². The third kappa shape index (κ3) is 3.28. The van der Waals surface area contributed by atoms with Gasteiger partial charge in [0.2, 0.25) is 0 Å². The average Bonchev–Trinajstić information content (AvgIpc) is 3.21. The molecule has 138 valence electrons. The van der Waals surface area contributed by atoms with Crippen LogP contribution < -0.4 is 0 Å². The van der Waals surface area contributed by atoms with Crippen molar-refractivity contribution in [2.45, 2.75) is 26.3 Å². The number of fused-ring (bicyclic) bond motifs is 3. The lowest BCUT2D eigenvalue weighted by Crippen LogP contribution is -2.05. The maximum Gasteiger partial charge on any atom is 0.305 e. The summed E-state index contributed by atoms with van der Waals surface area (Å²) in [7, 11) is 1.40. The highest BCUT2D eigenvalue weighted by Crippen LogP contribution is 2.34. The van der Waals surface area contributed by atoms with Crippen molar-refractivity contribution in [1.29, 1.82) is 0 Å². The van der Waals surface area contributed by atoms with Crippen LogP contribution in [-0.2, 0) is 22.5 Å². The molecule has 0 atom stereocenters. The number of aromatic nitrogens is 3. The highest BCUT2D eigenvalue weighted by atomic mass is 35.5. The van der Waals surface area contributed by atoms with Gasteiger partial charge in [-0.1, -0.05) is 29.8 Å². The van der Waals surface area contributed by atoms with E-state index in [9.17, 15) is 4.79 Å². The maximum atomic E-state index is 11.5. The molecule has 0 N–H and O–H groups in total. The Morgan fingerprint density at radius 3 is 2.89 bits per heavy atom. The molecule has 1 aromatic carbocycles. The summed E-state index contributed by atoms with van der Waals surface area (Å²) >= 11 is 8.07. The number of aryl methyl sites for hydroxylation is 2. The van der Waals surface area contributed by atoms with Crippen LogP contribution in [0.1, 0.15) is 34.1 Å². The summed E-state index contributed by atoms with van der Waals surface area (Å²) in [4.78, 5) is 17.4. The Morgan fingerprint density at radius 1 is 1.30 bits per heavy atom. The number of esters is 1. The van der Waals surface area contributed by atoms with Crippen LogP contribution in [0.4, 0.5) is 0 Å². The van der Waals surface area contributed by atoms with Crippen molar-refractivity contribution in [3.8, 4) is 5.00 Å². The fourth-order valence-corrected chi connectivity index (χ4v) is 4.56. The molecule has 6 nitrogen and oxygen atoms in total. The van der Waals surface area contributed by atoms with Gasteiger partial charge in [-0.2, -0.15) is 0 Å². The molecule has 0 unspecified atom stereocenters. The van der Waals surface area contributed by atoms with E-state index < -0.39 is 0 Å². The number of nitrogens with zero attached hydrogens (tertiary/aromatic N) is 4. The number of carbonyl (C=O) groups excluding carboxylic acids is 1. The van der Waals surface area contributed by atoms with Crippen LogP contribution >= 0.6 is 22.9 Å². The number of aliphatic imine (C=N–C) groups is 1. The quantitative estimate of drug-likeness (QED) is 0.625. The smallest absolute Gasteiger partial charge is 0.305 e. The van der Waals surface area contributed by atoms with Gasteiger partial charge >= 0.3 is 5.97 Å². The Kier molecular flexibility index (Phi) is 4.80. The number of benzene rings is 1. The second kappa shape index (κ2) is 7.25. The maximum absolute atomic E-state index is 11.5. The van der Waals surface area contributed by atoms with Gasteiger partial charge in [0.1, 0.15) is 17.4 Å². The Balaban J connectivity index is 1.84. The Bertz CT molecular complexity index is 1050. The van der Waals surface area contributed by atoms with E-state index in [0.29, 0.717) is 24.4 Å². The molecule has 0 amide bonds. The first-order chi connectivity index (χ1) is 13.1. The van der Waals surface area contributed by atoms with Gasteiger partial charge in [0, 0.05) is 21.0 Å². The van der Waals surface area contributed by atoms with Gasteiger partial charge in [-0.15, -0.1) is 21.5 Å². The SMILES string of the molecule is COC(=O)CCc1cc2c(s1)-n1c(C)nnc1CN=C2c1ccccc1Cl. The number of halogens is 1. The molecule has 0 radical (unpaired) electrons. The zero-order valence-electron chi connectivity index (χ0n) is 14.9. The minimum atomic E-state index is -0.222. The van der Waals surface area contributed by atoms with E-state index >= 15 is 0 Å². The molecule has 0 bridgehead atoms. The highest BCUT2D eigenvalue weighted by Gasteiger charge is 2.25. The van der Waals surface area contributed by atoms with E-state index in [1.807, 2.05) is 35.8 Å². The number of hydrogen-bond acceptors (Lipinski definition) is 6. The zero-order chi connectivity index (χ0) is 19.0. The van der Waals surface area contributed by atoms with Crippen molar-refractivity contribution >= 4 is 34.6 Å². The van der Waals surface area contributed by atoms with Gasteiger partial charge in [0.25, 0.3) is 0 Å². The zero-order valence-corrected chi connectivity index (χ0v) is 16.5. The molecule has 1 aliphatic heterocycles. The molecule has 0 aliphatic carbocycles. The third-order valence-electron chi connectivity index (χ3n) is 4.42. The third-order valence-corrected chi connectivity index (χ3v) is 5.93. The molecule has 2 aromatic heterocycles. The van der Waals surface area contributed by atoms with E-state index in [1.54, 1.807) is 11.3 Å². The molecule has 8 heteroatoms. The molecule has 0 saturated carbocycles. The first-order valence-corrected chi connectivity index (χ1v) is 9.68. The summed E-state index contributed by atoms with van der Waals surface area (Å²) in [5.74, 6) is 1.38. The van der Waals surface area contributed by atoms with E-state index in [2.05, 4.69) is 16.3 Å². The van der Waals surface area contributed by atoms with Crippen molar-refractivity contribution in [2.75, 3.05) is 7.11 Å². The summed E-state index contributed by atoms with van der Waals surface area (Å²) in [6.07, 6.45) is 0.944. The largest absolute Gasteiger partial charge is 0.469 e. The molecular formula is C19H17ClN4O2S. The number of methoxy groups -OCH3 is 1. The van der Waals surface area contributed by atoms with Crippen LogP contribution in [0.3, 0.4) is 0 Å². The fraction of sp³-hybridized carbons (Fsp3) is 0.263. The van der Waals surface area contributed by atoms with Gasteiger partial charge < -0.3 is 4.74 Å². The molecule has 1 aliphatic rings. The lowest BCUT2D eigenvalue weighted by molar-refractivity contribution is -0.140. The fourth-order valence-electron chi connectivity index (χ4n) is 3.11. The molecule has 3 heterocycles. The van der Waals surface area contributed by atoms with E-state index in [1.165, 1.54) is 7.11 Å². The predicted molar refractivity (Wildman–Crippen MR) is 105 cm³/mol. The lowest BCUT2D eigenvalue weighted by Gasteiger charge is -2.08. The summed E-state index contributed by atoms with van der Waals surface area (Å²) in [5.41, 5.74) is 2.70. The Morgan fingerprint density at radius 2 is 2.11 bits per heavy atom. The highest BCUT2D eigenvalue weighted by molar-refractivity contribution is 7.15. The Hall–Kier alpha value is -2.51. The summed E-state index contributed by atoms with van der Waals surface area (Å²) in [5, 5.41) is 10.1. The van der Waals surface area contributed by atoms with Crippen molar-refractivity contribution in [2.24, 2.45) is 4.99 Å². The normalized spacial score (nSPS) is 12.8. The van der Waals surface area contributed by atoms with Gasteiger partial charge in [0.05, 0.1) is 19.2 Å². The van der Waals surface area contributed by atoms with Crippen LogP contribution in [-0.4, -0.2) is 33.6 Å². The van der Waals surface area contributed by atoms with Crippen LogP contribution in [0.25, 0.3) is 5.00 Å². The predicted octanol–water partition coefficient (Wildman–Crippen LogP) is 3.75. The molecule has 0 saturated heterocycles. The molecule has 27 heavy (non-hydrogen) atoms. The molecule has 3 aromatic rings. The number of carbonyl (C=O) groups is 1. The van der Waals surface area contributed by atoms with Gasteiger partial charge in [-0.3, -0.25) is 14.4 Å². The van der Waals surface area contributed by atoms with E-state index in [4.69, 9.17) is 21.3 Å². The summed E-state index contributed by atoms with van der Waals surface area (Å²) in [6, 6.07) is 9.76. The average molecular weight is 401 g/mol. The first-order valence-electron chi connectivity index (χ1n) is 8.49. The Labute approximate surface area is 165 Å². The standard InChI is InChI=1S/C19H17ClN4O2S/c1-11-22-23-16-10-21-18(13-5-3-4-6-15(13)20)14-9-12(7-8-17(25)26-2)27-19(14)24(11)16/h3-6,9H,7-8,10H2,1-2H3. The minimum absolute atomic E-state index is 0.222. The molecular weight excluding hydrogens is 384 g/mol. The van der Waals surface area contributed by atoms with Crippen LogP contribution in [0.15, 0.2) is 35.3 Å². The molecule has 0 spiro atoms. The summed E-state index contributed by atoms with van der Waals surface area (Å²) < 4.78 is 6.80. The van der Waals surface area contributed by atoms with Crippen molar-refractivity contribution in [3.05, 3.63) is 63.0 Å². The number of thiophene rings is 1. The van der Waals surface area contributed by atoms with Crippen LogP contribution in [0.5, 0.6) is 0 Å². The van der Waals surface area contributed by atoms with Crippen molar-refractivity contribution in [1.82, 2.24) is 14.8 Å². The van der Waals surface area contributed by atoms with E-state index in [0.717, 1.165) is 38.4 Å². The monoisotopic (exact) mass is 400 g/mol. The molecule has 0 fully saturated rings. The van der Waals surface area contributed by atoms with Gasteiger partial charge in [0.15, 0.2) is 5.82 Å². The topological polar surface area (TPSA) is 69.4 Å². The van der Waals surface area contributed by atoms with Crippen molar-refractivity contribution in [3.63, 3.8) is 0 Å². The molecule has 4 rings (SSSR count). The van der Waals surface area contributed by atoms with Crippen LogP contribution in [0, 0.1) is 6.92 Å². The number of ether oxygens (including phenoxy) is 1. The van der Waals surface area contributed by atoms with E-state index in [-0.39, 0.29) is 5.97 Å². The van der Waals surface area contributed by atoms with Crippen molar-refractivity contribution < 1.29 is 9.53 Å². The van der Waals surface area contributed by atoms with Crippen LogP contribution in [0.2, 0.25) is 5.02 Å². The lowest BCUT2D eigenvalue weighted by atomic mass is 10.0. The van der Waals surface area contributed by atoms with Gasteiger partial charge in [-0.05, 0) is 25.5 Å². The first kappa shape index (κ1) is 17.9. The minimum Gasteiger partial charge on any atom is -0.469 e. The number of hydrogen-bond donors (Lipinski definition) is 0.